The lowest BCUT2D eigenvalue weighted by Gasteiger charge is -2.16. The number of aromatic nitrogens is 2. The molecule has 0 saturated carbocycles. The van der Waals surface area contributed by atoms with Crippen molar-refractivity contribution in [1.82, 2.24) is 15.1 Å². The second kappa shape index (κ2) is 6.38. The maximum Gasteiger partial charge on any atom is 0.326 e. The van der Waals surface area contributed by atoms with Crippen LogP contribution in [0.25, 0.3) is 5.69 Å². The van der Waals surface area contributed by atoms with Crippen molar-refractivity contribution in [3.63, 3.8) is 0 Å². The van der Waals surface area contributed by atoms with Gasteiger partial charge >= 0.3 is 5.97 Å². The first kappa shape index (κ1) is 15.7. The number of carbonyl (C=O) groups excluding carboxylic acids is 1. The SMILES string of the molecule is CC(C)C(NC(=O)c1ccn(-c2ccc(F)cc2)n1)C(=O)O. The number of benzene rings is 1. The molecule has 0 spiro atoms. The highest BCUT2D eigenvalue weighted by atomic mass is 19.1. The number of nitrogens with one attached hydrogen (secondary N) is 1. The summed E-state index contributed by atoms with van der Waals surface area (Å²) in [5.41, 5.74) is 0.690. The molecular formula is C15H16FN3O3. The Hall–Kier alpha value is -2.70. The van der Waals surface area contributed by atoms with Crippen molar-refractivity contribution < 1.29 is 19.1 Å². The highest BCUT2D eigenvalue weighted by Gasteiger charge is 2.24. The number of amides is 1. The molecule has 1 aromatic heterocycles. The third kappa shape index (κ3) is 3.49. The van der Waals surface area contributed by atoms with Crippen molar-refractivity contribution in [3.8, 4) is 5.69 Å². The van der Waals surface area contributed by atoms with Gasteiger partial charge in [-0.2, -0.15) is 5.10 Å². The number of aliphatic carboxylic acids is 1. The molecule has 0 aliphatic rings. The Morgan fingerprint density at radius 2 is 1.86 bits per heavy atom. The summed E-state index contributed by atoms with van der Waals surface area (Å²) in [6, 6.07) is 6.11. The summed E-state index contributed by atoms with van der Waals surface area (Å²) in [4.78, 5) is 23.1. The fourth-order valence-corrected chi connectivity index (χ4v) is 1.91. The summed E-state index contributed by atoms with van der Waals surface area (Å²) in [6.07, 6.45) is 1.55. The minimum atomic E-state index is -1.10. The van der Waals surface area contributed by atoms with E-state index in [4.69, 9.17) is 5.11 Å². The minimum absolute atomic E-state index is 0.0937. The molecule has 22 heavy (non-hydrogen) atoms. The van der Waals surface area contributed by atoms with Crippen molar-refractivity contribution in [2.24, 2.45) is 5.92 Å². The van der Waals surface area contributed by atoms with Gasteiger partial charge in [0.05, 0.1) is 5.69 Å². The van der Waals surface area contributed by atoms with E-state index in [0.29, 0.717) is 5.69 Å². The van der Waals surface area contributed by atoms with E-state index in [2.05, 4.69) is 10.4 Å². The maximum atomic E-state index is 12.9. The summed E-state index contributed by atoms with van der Waals surface area (Å²) in [6.45, 7) is 3.41. The first-order chi connectivity index (χ1) is 10.4. The lowest BCUT2D eigenvalue weighted by atomic mass is 10.0. The third-order valence-electron chi connectivity index (χ3n) is 3.13. The van der Waals surface area contributed by atoms with Crippen molar-refractivity contribution in [2.45, 2.75) is 19.9 Å². The highest BCUT2D eigenvalue weighted by Crippen LogP contribution is 2.10. The highest BCUT2D eigenvalue weighted by molar-refractivity contribution is 5.95. The predicted molar refractivity (Wildman–Crippen MR) is 77.3 cm³/mol. The Morgan fingerprint density at radius 1 is 1.23 bits per heavy atom. The van der Waals surface area contributed by atoms with Crippen molar-refractivity contribution >= 4 is 11.9 Å². The van der Waals surface area contributed by atoms with E-state index in [9.17, 15) is 14.0 Å². The Labute approximate surface area is 126 Å². The topological polar surface area (TPSA) is 84.2 Å². The van der Waals surface area contributed by atoms with Crippen molar-refractivity contribution in [2.75, 3.05) is 0 Å². The fourth-order valence-electron chi connectivity index (χ4n) is 1.91. The predicted octanol–water partition coefficient (Wildman–Crippen LogP) is 1.85. The molecule has 1 unspecified atom stereocenters. The van der Waals surface area contributed by atoms with E-state index in [-0.39, 0.29) is 17.4 Å². The first-order valence-electron chi connectivity index (χ1n) is 6.74. The number of nitrogens with zero attached hydrogens (tertiary/aromatic N) is 2. The van der Waals surface area contributed by atoms with Crippen molar-refractivity contribution in [1.29, 1.82) is 0 Å². The molecule has 0 radical (unpaired) electrons. The molecular weight excluding hydrogens is 289 g/mol. The molecule has 1 atom stereocenters. The van der Waals surface area contributed by atoms with E-state index < -0.39 is 17.9 Å². The molecule has 116 valence electrons. The number of hydrogen-bond acceptors (Lipinski definition) is 3. The van der Waals surface area contributed by atoms with Crippen LogP contribution in [0.15, 0.2) is 36.5 Å². The molecule has 2 aromatic rings. The van der Waals surface area contributed by atoms with Gasteiger partial charge in [0.1, 0.15) is 11.9 Å². The van der Waals surface area contributed by atoms with Gasteiger partial charge < -0.3 is 10.4 Å². The number of halogens is 1. The lowest BCUT2D eigenvalue weighted by molar-refractivity contribution is -0.140. The molecule has 0 saturated heterocycles. The van der Waals surface area contributed by atoms with Crippen LogP contribution < -0.4 is 5.32 Å². The number of carboxylic acids is 1. The molecule has 6 nitrogen and oxygen atoms in total. The van der Waals surface area contributed by atoms with Gasteiger partial charge in [0.2, 0.25) is 0 Å². The van der Waals surface area contributed by atoms with Gasteiger partial charge in [-0.25, -0.2) is 13.9 Å². The van der Waals surface area contributed by atoms with Gasteiger partial charge in [-0.1, -0.05) is 13.8 Å². The Kier molecular flexibility index (Phi) is 4.55. The van der Waals surface area contributed by atoms with Crippen LogP contribution in [-0.4, -0.2) is 32.8 Å². The molecule has 1 amide bonds. The average Bonchev–Trinajstić information content (AvgIpc) is 2.94. The van der Waals surface area contributed by atoms with Gasteiger partial charge in [-0.05, 0) is 36.2 Å². The maximum absolute atomic E-state index is 12.9. The molecule has 0 aliphatic heterocycles. The van der Waals surface area contributed by atoms with Crippen LogP contribution >= 0.6 is 0 Å². The standard InChI is InChI=1S/C15H16FN3O3/c1-9(2)13(15(21)22)17-14(20)12-7-8-19(18-12)11-5-3-10(16)4-6-11/h3-9,13H,1-2H3,(H,17,20)(H,21,22). The van der Waals surface area contributed by atoms with E-state index in [1.165, 1.54) is 35.0 Å². The Bertz CT molecular complexity index is 680. The van der Waals surface area contributed by atoms with Crippen LogP contribution in [0.2, 0.25) is 0 Å². The summed E-state index contributed by atoms with van der Waals surface area (Å²) < 4.78 is 14.3. The van der Waals surface area contributed by atoms with Crippen LogP contribution in [0.5, 0.6) is 0 Å². The molecule has 1 heterocycles. The van der Waals surface area contributed by atoms with Gasteiger partial charge in [-0.15, -0.1) is 0 Å². The molecule has 7 heteroatoms. The zero-order chi connectivity index (χ0) is 16.3. The van der Waals surface area contributed by atoms with Crippen LogP contribution in [0.4, 0.5) is 4.39 Å². The summed E-state index contributed by atoms with van der Waals surface area (Å²) in [7, 11) is 0. The average molecular weight is 305 g/mol. The fraction of sp³-hybridized carbons (Fsp3) is 0.267. The molecule has 0 bridgehead atoms. The van der Waals surface area contributed by atoms with Gasteiger partial charge in [0.25, 0.3) is 5.91 Å². The largest absolute Gasteiger partial charge is 0.480 e. The van der Waals surface area contributed by atoms with Crippen LogP contribution in [0.1, 0.15) is 24.3 Å². The lowest BCUT2D eigenvalue weighted by Crippen LogP contribution is -2.44. The Balaban J connectivity index is 2.15. The summed E-state index contributed by atoms with van der Waals surface area (Å²) >= 11 is 0. The van der Waals surface area contributed by atoms with Gasteiger partial charge in [-0.3, -0.25) is 4.79 Å². The number of carbonyl (C=O) groups is 2. The van der Waals surface area contributed by atoms with Gasteiger partial charge in [0.15, 0.2) is 5.69 Å². The van der Waals surface area contributed by atoms with E-state index in [0.717, 1.165) is 0 Å². The first-order valence-corrected chi connectivity index (χ1v) is 6.74. The zero-order valence-electron chi connectivity index (χ0n) is 12.2. The van der Waals surface area contributed by atoms with Crippen molar-refractivity contribution in [3.05, 3.63) is 48.0 Å². The quantitative estimate of drug-likeness (QED) is 0.883. The molecule has 1 aromatic carbocycles. The van der Waals surface area contributed by atoms with Crippen LogP contribution in [0.3, 0.4) is 0 Å². The molecule has 2 rings (SSSR count). The van der Waals surface area contributed by atoms with E-state index in [1.807, 2.05) is 0 Å². The van der Waals surface area contributed by atoms with Crippen LogP contribution in [-0.2, 0) is 4.79 Å². The summed E-state index contributed by atoms with van der Waals surface area (Å²) in [5, 5.41) is 15.6. The van der Waals surface area contributed by atoms with Crippen LogP contribution in [0, 0.1) is 11.7 Å². The second-order valence-electron chi connectivity index (χ2n) is 5.16. The third-order valence-corrected chi connectivity index (χ3v) is 3.13. The minimum Gasteiger partial charge on any atom is -0.480 e. The number of carboxylic acid groups (broad SMARTS) is 1. The Morgan fingerprint density at radius 3 is 2.41 bits per heavy atom. The summed E-state index contributed by atoms with van der Waals surface area (Å²) in [5.74, 6) is -2.28. The number of hydrogen-bond donors (Lipinski definition) is 2. The normalized spacial score (nSPS) is 12.2. The van der Waals surface area contributed by atoms with Gasteiger partial charge in [0, 0.05) is 6.20 Å². The monoisotopic (exact) mass is 305 g/mol. The van der Waals surface area contributed by atoms with E-state index in [1.54, 1.807) is 20.0 Å². The van der Waals surface area contributed by atoms with E-state index >= 15 is 0 Å². The second-order valence-corrected chi connectivity index (χ2v) is 5.16. The molecule has 0 fully saturated rings. The number of rotatable bonds is 5. The zero-order valence-corrected chi connectivity index (χ0v) is 12.2. The smallest absolute Gasteiger partial charge is 0.326 e. The molecule has 2 N–H and O–H groups in total. The molecule has 0 aliphatic carbocycles.